The van der Waals surface area contributed by atoms with Crippen molar-refractivity contribution in [1.82, 2.24) is 14.1 Å². The number of sulfonamides is 1. The van der Waals surface area contributed by atoms with E-state index in [0.29, 0.717) is 25.9 Å². The van der Waals surface area contributed by atoms with Gasteiger partial charge in [0.15, 0.2) is 0 Å². The van der Waals surface area contributed by atoms with Gasteiger partial charge in [0.1, 0.15) is 0 Å². The van der Waals surface area contributed by atoms with Crippen LogP contribution < -0.4 is 0 Å². The molecule has 0 atom stereocenters. The van der Waals surface area contributed by atoms with E-state index in [0.717, 1.165) is 25.2 Å². The highest BCUT2D eigenvalue weighted by molar-refractivity contribution is 7.88. The predicted molar refractivity (Wildman–Crippen MR) is 102 cm³/mol. The van der Waals surface area contributed by atoms with E-state index in [-0.39, 0.29) is 5.56 Å². The first-order valence-corrected chi connectivity index (χ1v) is 10.5. The quantitative estimate of drug-likeness (QED) is 0.564. The average molecular weight is 410 g/mol. The highest BCUT2D eigenvalue weighted by atomic mass is 32.2. The van der Waals surface area contributed by atoms with Crippen molar-refractivity contribution in [2.75, 3.05) is 54.4 Å². The fraction of sp³-hybridized carbons (Fsp3) is 0.667. The Morgan fingerprint density at radius 3 is 1.85 bits per heavy atom. The standard InChI is InChI=1S/C18H30F3N3O2S/c1-22(2)10-6-12-24(13-7-11-23(3)4)27(25,26)15-16-8-5-9-17(14-16)18(19,20)21/h5,8-9,14H,6-7,10-13,15H2,1-4H3. The Bertz CT molecular complexity index is 663. The molecule has 0 amide bonds. The molecule has 0 aromatic heterocycles. The maximum atomic E-state index is 12.9. The fourth-order valence-corrected chi connectivity index (χ4v) is 4.25. The molecule has 1 rings (SSSR count). The summed E-state index contributed by atoms with van der Waals surface area (Å²) in [5.41, 5.74) is -0.683. The van der Waals surface area contributed by atoms with Crippen LogP contribution in [0.15, 0.2) is 24.3 Å². The summed E-state index contributed by atoms with van der Waals surface area (Å²) in [6.07, 6.45) is -3.16. The number of hydrogen-bond acceptors (Lipinski definition) is 4. The van der Waals surface area contributed by atoms with Gasteiger partial charge in [0.25, 0.3) is 0 Å². The first kappa shape index (κ1) is 23.9. The van der Waals surface area contributed by atoms with E-state index < -0.39 is 27.5 Å². The van der Waals surface area contributed by atoms with Crippen molar-refractivity contribution in [3.05, 3.63) is 35.4 Å². The molecule has 27 heavy (non-hydrogen) atoms. The first-order chi connectivity index (χ1) is 12.4. The van der Waals surface area contributed by atoms with Crippen molar-refractivity contribution in [1.29, 1.82) is 0 Å². The maximum absolute atomic E-state index is 12.9. The van der Waals surface area contributed by atoms with E-state index in [1.165, 1.54) is 16.4 Å². The molecule has 5 nitrogen and oxygen atoms in total. The lowest BCUT2D eigenvalue weighted by Crippen LogP contribution is -2.36. The van der Waals surface area contributed by atoms with Crippen LogP contribution in [0.1, 0.15) is 24.0 Å². The largest absolute Gasteiger partial charge is 0.416 e. The van der Waals surface area contributed by atoms with E-state index in [2.05, 4.69) is 0 Å². The molecular formula is C18H30F3N3O2S. The van der Waals surface area contributed by atoms with Crippen LogP contribution in [-0.2, 0) is 22.0 Å². The second kappa shape index (κ2) is 10.4. The summed E-state index contributed by atoms with van der Waals surface area (Å²) in [4.78, 5) is 3.94. The van der Waals surface area contributed by atoms with Crippen LogP contribution in [0.2, 0.25) is 0 Å². The summed E-state index contributed by atoms with van der Waals surface area (Å²) in [7, 11) is 3.94. The summed E-state index contributed by atoms with van der Waals surface area (Å²) >= 11 is 0. The highest BCUT2D eigenvalue weighted by Crippen LogP contribution is 2.30. The summed E-state index contributed by atoms with van der Waals surface area (Å²) in [6.45, 7) is 2.19. The normalized spacial score (nSPS) is 13.1. The maximum Gasteiger partial charge on any atom is 0.416 e. The van der Waals surface area contributed by atoms with Gasteiger partial charge in [-0.05, 0) is 65.8 Å². The molecule has 0 saturated carbocycles. The molecule has 0 radical (unpaired) electrons. The minimum Gasteiger partial charge on any atom is -0.309 e. The van der Waals surface area contributed by atoms with E-state index >= 15 is 0 Å². The van der Waals surface area contributed by atoms with E-state index in [4.69, 9.17) is 0 Å². The van der Waals surface area contributed by atoms with Crippen LogP contribution in [-0.4, -0.2) is 76.9 Å². The van der Waals surface area contributed by atoms with E-state index in [1.54, 1.807) is 0 Å². The van der Waals surface area contributed by atoms with Gasteiger partial charge in [0.05, 0.1) is 11.3 Å². The Morgan fingerprint density at radius 2 is 1.41 bits per heavy atom. The first-order valence-electron chi connectivity index (χ1n) is 8.85. The Hall–Kier alpha value is -1.16. The number of halogens is 3. The summed E-state index contributed by atoms with van der Waals surface area (Å²) in [5, 5.41) is 0. The van der Waals surface area contributed by atoms with Gasteiger partial charge in [-0.3, -0.25) is 0 Å². The molecule has 0 aliphatic heterocycles. The minimum absolute atomic E-state index is 0.148. The molecule has 0 fully saturated rings. The molecule has 1 aromatic rings. The van der Waals surface area contributed by atoms with Crippen LogP contribution in [0, 0.1) is 0 Å². The van der Waals surface area contributed by atoms with Crippen molar-refractivity contribution in [2.24, 2.45) is 0 Å². The molecule has 0 spiro atoms. The molecule has 0 saturated heterocycles. The zero-order valence-electron chi connectivity index (χ0n) is 16.5. The monoisotopic (exact) mass is 409 g/mol. The van der Waals surface area contributed by atoms with Gasteiger partial charge in [0.2, 0.25) is 10.0 Å². The topological polar surface area (TPSA) is 43.9 Å². The van der Waals surface area contributed by atoms with Crippen molar-refractivity contribution >= 4 is 10.0 Å². The SMILES string of the molecule is CN(C)CCCN(CCCN(C)C)S(=O)(=O)Cc1cccc(C(F)(F)F)c1. The van der Waals surface area contributed by atoms with Crippen molar-refractivity contribution < 1.29 is 21.6 Å². The molecule has 0 N–H and O–H groups in total. The van der Waals surface area contributed by atoms with Gasteiger partial charge in [-0.1, -0.05) is 18.2 Å². The molecule has 156 valence electrons. The third kappa shape index (κ3) is 9.05. The van der Waals surface area contributed by atoms with Crippen LogP contribution in [0.3, 0.4) is 0 Å². The second-order valence-corrected chi connectivity index (χ2v) is 9.14. The molecule has 1 aromatic carbocycles. The van der Waals surface area contributed by atoms with Crippen LogP contribution in [0.4, 0.5) is 13.2 Å². The van der Waals surface area contributed by atoms with Gasteiger partial charge >= 0.3 is 6.18 Å². The van der Waals surface area contributed by atoms with Gasteiger partial charge in [-0.15, -0.1) is 0 Å². The lowest BCUT2D eigenvalue weighted by atomic mass is 10.1. The smallest absolute Gasteiger partial charge is 0.309 e. The highest BCUT2D eigenvalue weighted by Gasteiger charge is 2.31. The Balaban J connectivity index is 2.90. The second-order valence-electron chi connectivity index (χ2n) is 7.17. The van der Waals surface area contributed by atoms with Crippen LogP contribution in [0.25, 0.3) is 0 Å². The number of hydrogen-bond donors (Lipinski definition) is 0. The molecule has 0 heterocycles. The number of rotatable bonds is 11. The lowest BCUT2D eigenvalue weighted by molar-refractivity contribution is -0.137. The lowest BCUT2D eigenvalue weighted by Gasteiger charge is -2.24. The van der Waals surface area contributed by atoms with Gasteiger partial charge in [0, 0.05) is 13.1 Å². The third-order valence-corrected chi connectivity index (χ3v) is 5.87. The van der Waals surface area contributed by atoms with Crippen molar-refractivity contribution in [2.45, 2.75) is 24.8 Å². The minimum atomic E-state index is -4.49. The van der Waals surface area contributed by atoms with E-state index in [1.807, 2.05) is 38.0 Å². The Labute approximate surface area is 160 Å². The third-order valence-electron chi connectivity index (χ3n) is 4.02. The molecule has 0 aliphatic carbocycles. The Morgan fingerprint density at radius 1 is 0.889 bits per heavy atom. The summed E-state index contributed by atoms with van der Waals surface area (Å²) < 4.78 is 65.7. The molecule has 0 aliphatic rings. The van der Waals surface area contributed by atoms with Crippen molar-refractivity contribution in [3.8, 4) is 0 Å². The zero-order valence-corrected chi connectivity index (χ0v) is 17.3. The molecular weight excluding hydrogens is 379 g/mol. The van der Waals surface area contributed by atoms with E-state index in [9.17, 15) is 21.6 Å². The molecule has 0 bridgehead atoms. The predicted octanol–water partition coefficient (Wildman–Crippen LogP) is 2.74. The Kier molecular flexibility index (Phi) is 9.20. The van der Waals surface area contributed by atoms with Gasteiger partial charge < -0.3 is 9.80 Å². The molecule has 9 heteroatoms. The number of nitrogens with zero attached hydrogens (tertiary/aromatic N) is 3. The number of alkyl halides is 3. The average Bonchev–Trinajstić information content (AvgIpc) is 2.51. The fourth-order valence-electron chi connectivity index (χ4n) is 2.66. The van der Waals surface area contributed by atoms with Crippen LogP contribution in [0.5, 0.6) is 0 Å². The molecule has 0 unspecified atom stereocenters. The number of benzene rings is 1. The van der Waals surface area contributed by atoms with Gasteiger partial charge in [-0.25, -0.2) is 12.7 Å². The zero-order chi connectivity index (χ0) is 20.7. The van der Waals surface area contributed by atoms with Crippen molar-refractivity contribution in [3.63, 3.8) is 0 Å². The van der Waals surface area contributed by atoms with Gasteiger partial charge in [-0.2, -0.15) is 13.2 Å². The summed E-state index contributed by atoms with van der Waals surface area (Å²) in [6, 6.07) is 4.53. The van der Waals surface area contributed by atoms with Crippen LogP contribution >= 0.6 is 0 Å². The summed E-state index contributed by atoms with van der Waals surface area (Å²) in [5.74, 6) is -0.430.